The van der Waals surface area contributed by atoms with Crippen molar-refractivity contribution in [2.24, 2.45) is 0 Å². The summed E-state index contributed by atoms with van der Waals surface area (Å²) in [6.45, 7) is 2.29. The molecule has 1 aliphatic heterocycles. The van der Waals surface area contributed by atoms with Crippen molar-refractivity contribution in [1.82, 2.24) is 10.2 Å². The Hall–Kier alpha value is -3.53. The number of halogens is 1. The minimum absolute atomic E-state index is 0.116. The van der Waals surface area contributed by atoms with Gasteiger partial charge in [0, 0.05) is 45.4 Å². The van der Waals surface area contributed by atoms with E-state index in [2.05, 4.69) is 10.6 Å². The van der Waals surface area contributed by atoms with Crippen molar-refractivity contribution >= 4 is 28.9 Å². The van der Waals surface area contributed by atoms with Crippen LogP contribution in [0.2, 0.25) is 0 Å². The van der Waals surface area contributed by atoms with E-state index in [0.29, 0.717) is 31.9 Å². The van der Waals surface area contributed by atoms with Crippen LogP contribution in [0.15, 0.2) is 42.5 Å². The summed E-state index contributed by atoms with van der Waals surface area (Å²) < 4.78 is 13.7. The summed E-state index contributed by atoms with van der Waals surface area (Å²) in [7, 11) is 1.47. The molecule has 2 N–H and O–H groups in total. The van der Waals surface area contributed by atoms with E-state index in [4.69, 9.17) is 0 Å². The van der Waals surface area contributed by atoms with Gasteiger partial charge in [-0.25, -0.2) is 4.39 Å². The van der Waals surface area contributed by atoms with Crippen molar-refractivity contribution in [3.63, 3.8) is 0 Å². The number of amides is 2. The summed E-state index contributed by atoms with van der Waals surface area (Å²) in [5, 5.41) is 16.1. The molecule has 1 aliphatic rings. The molecular weight excluding hydrogens is 393 g/mol. The third-order valence-electron chi connectivity index (χ3n) is 4.89. The number of nitrogens with one attached hydrogen (secondary N) is 2. The first kappa shape index (κ1) is 21.2. The molecule has 0 unspecified atom stereocenters. The smallest absolute Gasteiger partial charge is 0.270 e. The highest BCUT2D eigenvalue weighted by atomic mass is 19.1. The molecule has 1 saturated heterocycles. The highest BCUT2D eigenvalue weighted by Crippen LogP contribution is 2.26. The topological polar surface area (TPSA) is 108 Å². The number of non-ortho nitro benzene ring substituents is 1. The maximum atomic E-state index is 13.7. The molecule has 2 aromatic rings. The zero-order valence-corrected chi connectivity index (χ0v) is 16.4. The number of carbonyl (C=O) groups excluding carboxylic acids is 2. The fourth-order valence-electron chi connectivity index (χ4n) is 3.33. The van der Waals surface area contributed by atoms with E-state index >= 15 is 0 Å². The number of benzene rings is 2. The standard InChI is InChI=1S/C20H22FN5O4/c1-22-20(28)15-12-14(26(29)30)6-7-18(15)25-10-8-24(9-11-25)13-19(27)23-17-5-3-2-4-16(17)21/h2-7,12H,8-11,13H2,1H3,(H,22,28)(H,23,27). The van der Waals surface area contributed by atoms with Crippen molar-refractivity contribution in [3.8, 4) is 0 Å². The minimum atomic E-state index is -0.539. The number of hydrogen-bond donors (Lipinski definition) is 2. The van der Waals surface area contributed by atoms with Gasteiger partial charge in [-0.1, -0.05) is 12.1 Å². The zero-order chi connectivity index (χ0) is 21.7. The maximum absolute atomic E-state index is 13.7. The number of hydrogen-bond acceptors (Lipinski definition) is 6. The molecule has 0 saturated carbocycles. The Kier molecular flexibility index (Phi) is 6.58. The van der Waals surface area contributed by atoms with E-state index < -0.39 is 16.6 Å². The van der Waals surface area contributed by atoms with Gasteiger partial charge >= 0.3 is 0 Å². The van der Waals surface area contributed by atoms with Gasteiger partial charge < -0.3 is 15.5 Å². The number of para-hydroxylation sites is 1. The van der Waals surface area contributed by atoms with E-state index in [9.17, 15) is 24.1 Å². The summed E-state index contributed by atoms with van der Waals surface area (Å²) in [6.07, 6.45) is 0. The van der Waals surface area contributed by atoms with Gasteiger partial charge in [0.2, 0.25) is 5.91 Å². The minimum Gasteiger partial charge on any atom is -0.368 e. The van der Waals surface area contributed by atoms with Crippen LogP contribution in [0.3, 0.4) is 0 Å². The molecule has 0 spiro atoms. The number of rotatable bonds is 6. The maximum Gasteiger partial charge on any atom is 0.270 e. The molecule has 0 aliphatic carbocycles. The highest BCUT2D eigenvalue weighted by Gasteiger charge is 2.24. The van der Waals surface area contributed by atoms with Crippen LogP contribution in [0.5, 0.6) is 0 Å². The van der Waals surface area contributed by atoms with Crippen molar-refractivity contribution in [3.05, 3.63) is 64.0 Å². The molecule has 158 valence electrons. The van der Waals surface area contributed by atoms with Crippen LogP contribution >= 0.6 is 0 Å². The Balaban J connectivity index is 1.62. The van der Waals surface area contributed by atoms with E-state index in [0.717, 1.165) is 0 Å². The summed E-state index contributed by atoms with van der Waals surface area (Å²) in [5.41, 5.74) is 0.830. The third-order valence-corrected chi connectivity index (χ3v) is 4.89. The number of piperazine rings is 1. The lowest BCUT2D eigenvalue weighted by Crippen LogP contribution is -2.49. The fraction of sp³-hybridized carbons (Fsp3) is 0.300. The largest absolute Gasteiger partial charge is 0.368 e. The Morgan fingerprint density at radius 1 is 1.13 bits per heavy atom. The second-order valence-electron chi connectivity index (χ2n) is 6.83. The molecule has 1 heterocycles. The Morgan fingerprint density at radius 2 is 1.83 bits per heavy atom. The van der Waals surface area contributed by atoms with Gasteiger partial charge in [0.1, 0.15) is 5.82 Å². The van der Waals surface area contributed by atoms with Gasteiger partial charge in [-0.2, -0.15) is 0 Å². The summed E-state index contributed by atoms with van der Waals surface area (Å²) in [5.74, 6) is -1.20. The predicted molar refractivity (Wildman–Crippen MR) is 110 cm³/mol. The molecule has 2 amide bonds. The number of nitro benzene ring substituents is 1. The molecule has 0 bridgehead atoms. The second-order valence-corrected chi connectivity index (χ2v) is 6.83. The van der Waals surface area contributed by atoms with Gasteiger partial charge in [-0.3, -0.25) is 24.6 Å². The summed E-state index contributed by atoms with van der Waals surface area (Å²) in [6, 6.07) is 10.2. The number of nitro groups is 1. The Labute approximate surface area is 172 Å². The zero-order valence-electron chi connectivity index (χ0n) is 16.4. The van der Waals surface area contributed by atoms with Crippen molar-refractivity contribution in [2.75, 3.05) is 50.0 Å². The normalized spacial score (nSPS) is 14.3. The van der Waals surface area contributed by atoms with Gasteiger partial charge in [-0.15, -0.1) is 0 Å². The van der Waals surface area contributed by atoms with Crippen LogP contribution in [-0.2, 0) is 4.79 Å². The van der Waals surface area contributed by atoms with Gasteiger partial charge in [0.25, 0.3) is 11.6 Å². The van der Waals surface area contributed by atoms with E-state index in [1.807, 2.05) is 9.80 Å². The van der Waals surface area contributed by atoms with Crippen LogP contribution < -0.4 is 15.5 Å². The van der Waals surface area contributed by atoms with Crippen LogP contribution in [-0.4, -0.2) is 61.4 Å². The molecule has 0 radical (unpaired) electrons. The van der Waals surface area contributed by atoms with E-state index in [1.54, 1.807) is 18.2 Å². The first-order valence-electron chi connectivity index (χ1n) is 9.41. The van der Waals surface area contributed by atoms with Gasteiger partial charge in [0.05, 0.1) is 28.4 Å². The first-order valence-corrected chi connectivity index (χ1v) is 9.41. The molecular formula is C20H22FN5O4. The molecule has 2 aromatic carbocycles. The van der Waals surface area contributed by atoms with E-state index in [1.165, 1.54) is 31.3 Å². The SMILES string of the molecule is CNC(=O)c1cc([N+](=O)[O-])ccc1N1CCN(CC(=O)Nc2ccccc2F)CC1. The van der Waals surface area contributed by atoms with Crippen molar-refractivity contribution in [1.29, 1.82) is 0 Å². The Morgan fingerprint density at radius 3 is 2.47 bits per heavy atom. The summed E-state index contributed by atoms with van der Waals surface area (Å²) in [4.78, 5) is 38.8. The highest BCUT2D eigenvalue weighted by molar-refractivity contribution is 6.00. The van der Waals surface area contributed by atoms with Crippen LogP contribution in [0.1, 0.15) is 10.4 Å². The molecule has 3 rings (SSSR count). The molecule has 1 fully saturated rings. The molecule has 0 aromatic heterocycles. The lowest BCUT2D eigenvalue weighted by molar-refractivity contribution is -0.384. The lowest BCUT2D eigenvalue weighted by Gasteiger charge is -2.36. The van der Waals surface area contributed by atoms with Gasteiger partial charge in [-0.05, 0) is 18.2 Å². The number of anilines is 2. The van der Waals surface area contributed by atoms with Crippen molar-refractivity contribution in [2.45, 2.75) is 0 Å². The lowest BCUT2D eigenvalue weighted by atomic mass is 10.1. The number of carbonyl (C=O) groups is 2. The molecule has 9 nitrogen and oxygen atoms in total. The average molecular weight is 415 g/mol. The third kappa shape index (κ3) is 4.90. The van der Waals surface area contributed by atoms with E-state index in [-0.39, 0.29) is 29.4 Å². The molecule has 30 heavy (non-hydrogen) atoms. The second kappa shape index (κ2) is 9.31. The monoisotopic (exact) mass is 415 g/mol. The predicted octanol–water partition coefficient (Wildman–Crippen LogP) is 1.85. The van der Waals surface area contributed by atoms with Gasteiger partial charge in [0.15, 0.2) is 0 Å². The Bertz CT molecular complexity index is 960. The van der Waals surface area contributed by atoms with Crippen molar-refractivity contribution < 1.29 is 18.9 Å². The summed E-state index contributed by atoms with van der Waals surface area (Å²) >= 11 is 0. The van der Waals surface area contributed by atoms with Crippen LogP contribution in [0.25, 0.3) is 0 Å². The first-order chi connectivity index (χ1) is 14.4. The van der Waals surface area contributed by atoms with Crippen LogP contribution in [0, 0.1) is 15.9 Å². The molecule has 10 heteroatoms. The fourth-order valence-corrected chi connectivity index (χ4v) is 3.33. The number of nitrogens with zero attached hydrogens (tertiary/aromatic N) is 3. The molecule has 0 atom stereocenters. The average Bonchev–Trinajstić information content (AvgIpc) is 2.75. The quantitative estimate of drug-likeness (QED) is 0.551. The van der Waals surface area contributed by atoms with Crippen LogP contribution in [0.4, 0.5) is 21.5 Å².